The molecular weight excluding hydrogens is 527 g/mol. The fourth-order valence-corrected chi connectivity index (χ4v) is 3.52. The summed E-state index contributed by atoms with van der Waals surface area (Å²) in [4.78, 5) is 12.7. The van der Waals surface area contributed by atoms with E-state index in [0.717, 1.165) is 14.7 Å². The predicted octanol–water partition coefficient (Wildman–Crippen LogP) is 6.05. The Bertz CT molecular complexity index is 1150. The van der Waals surface area contributed by atoms with E-state index in [2.05, 4.69) is 27.9 Å². The number of nitriles is 1. The fraction of sp³-hybridized carbons (Fsp3) is 0.185. The maximum Gasteiger partial charge on any atom is 0.262 e. The van der Waals surface area contributed by atoms with Crippen molar-refractivity contribution in [3.05, 3.63) is 98.6 Å². The zero-order valence-corrected chi connectivity index (χ0v) is 20.7. The molecule has 1 N–H and O–H groups in total. The van der Waals surface area contributed by atoms with Crippen LogP contribution in [0.2, 0.25) is 0 Å². The number of hydrogen-bond donors (Lipinski definition) is 1. The molecule has 33 heavy (non-hydrogen) atoms. The van der Waals surface area contributed by atoms with Gasteiger partial charge in [0.1, 0.15) is 18.2 Å². The molecule has 0 fully saturated rings. The second kappa shape index (κ2) is 12.1. The Balaban J connectivity index is 1.74. The molecule has 1 atom stereocenters. The molecule has 168 valence electrons. The molecule has 0 aliphatic rings. The van der Waals surface area contributed by atoms with Gasteiger partial charge in [-0.15, -0.1) is 0 Å². The summed E-state index contributed by atoms with van der Waals surface area (Å²) >= 11 is 2.26. The average Bonchev–Trinajstić information content (AvgIpc) is 2.83. The number of hydrogen-bond acceptors (Lipinski definition) is 4. The smallest absolute Gasteiger partial charge is 0.262 e. The summed E-state index contributed by atoms with van der Waals surface area (Å²) in [6.07, 6.45) is 1.55. The van der Waals surface area contributed by atoms with Crippen molar-refractivity contribution in [3.8, 4) is 17.6 Å². The highest BCUT2D eigenvalue weighted by Crippen LogP contribution is 2.30. The average molecular weight is 552 g/mol. The van der Waals surface area contributed by atoms with E-state index in [1.165, 1.54) is 0 Å². The lowest BCUT2D eigenvalue weighted by molar-refractivity contribution is -0.117. The minimum atomic E-state index is -0.425. The molecule has 0 spiro atoms. The van der Waals surface area contributed by atoms with Crippen LogP contribution in [0.3, 0.4) is 0 Å². The highest BCUT2D eigenvalue weighted by atomic mass is 127. The Kier molecular flexibility index (Phi) is 8.90. The molecule has 0 saturated heterocycles. The third-order valence-electron chi connectivity index (χ3n) is 4.90. The molecule has 0 bridgehead atoms. The Morgan fingerprint density at radius 2 is 1.79 bits per heavy atom. The topological polar surface area (TPSA) is 71.3 Å². The van der Waals surface area contributed by atoms with Crippen LogP contribution in [0.25, 0.3) is 6.08 Å². The van der Waals surface area contributed by atoms with Crippen LogP contribution in [0.5, 0.6) is 11.5 Å². The number of ether oxygens (including phenoxy) is 2. The first-order chi connectivity index (χ1) is 16.0. The van der Waals surface area contributed by atoms with Gasteiger partial charge in [0.05, 0.1) is 12.6 Å². The summed E-state index contributed by atoms with van der Waals surface area (Å²) in [7, 11) is 0. The summed E-state index contributed by atoms with van der Waals surface area (Å²) in [5.41, 5.74) is 2.72. The van der Waals surface area contributed by atoms with Gasteiger partial charge in [0, 0.05) is 3.57 Å². The van der Waals surface area contributed by atoms with Gasteiger partial charge in [0.25, 0.3) is 5.91 Å². The van der Waals surface area contributed by atoms with Crippen LogP contribution in [0, 0.1) is 14.9 Å². The largest absolute Gasteiger partial charge is 0.490 e. The molecule has 0 heterocycles. The van der Waals surface area contributed by atoms with Crippen LogP contribution in [0.15, 0.2) is 78.4 Å². The standard InChI is InChI=1S/C27H25IN2O3/c1-3-32-26-16-21(11-14-25(26)33-18-20-9-12-24(28)13-10-20)15-23(17-29)27(31)30-19(2)22-7-5-4-6-8-22/h4-16,19H,3,18H2,1-2H3,(H,30,31)/b23-15-/t19-/m1/s1. The van der Waals surface area contributed by atoms with Gasteiger partial charge in [0.2, 0.25) is 0 Å². The van der Waals surface area contributed by atoms with E-state index in [1.54, 1.807) is 24.3 Å². The first-order valence-electron chi connectivity index (χ1n) is 10.6. The molecule has 0 unspecified atom stereocenters. The van der Waals surface area contributed by atoms with Crippen molar-refractivity contribution >= 4 is 34.6 Å². The van der Waals surface area contributed by atoms with E-state index in [1.807, 2.05) is 74.5 Å². The van der Waals surface area contributed by atoms with Crippen LogP contribution < -0.4 is 14.8 Å². The van der Waals surface area contributed by atoms with Gasteiger partial charge < -0.3 is 14.8 Å². The summed E-state index contributed by atoms with van der Waals surface area (Å²) in [6.45, 7) is 4.66. The van der Waals surface area contributed by atoms with Gasteiger partial charge in [-0.3, -0.25) is 4.79 Å². The summed E-state index contributed by atoms with van der Waals surface area (Å²) < 4.78 is 12.9. The second-order valence-electron chi connectivity index (χ2n) is 7.33. The van der Waals surface area contributed by atoms with E-state index < -0.39 is 5.91 Å². The maximum absolute atomic E-state index is 12.7. The zero-order valence-electron chi connectivity index (χ0n) is 18.5. The predicted molar refractivity (Wildman–Crippen MR) is 138 cm³/mol. The van der Waals surface area contributed by atoms with Gasteiger partial charge in [-0.25, -0.2) is 0 Å². The number of carbonyl (C=O) groups is 1. The van der Waals surface area contributed by atoms with Crippen LogP contribution >= 0.6 is 22.6 Å². The molecule has 5 nitrogen and oxygen atoms in total. The van der Waals surface area contributed by atoms with Crippen LogP contribution in [-0.2, 0) is 11.4 Å². The molecular formula is C27H25IN2O3. The molecule has 3 aromatic rings. The molecule has 6 heteroatoms. The van der Waals surface area contributed by atoms with Gasteiger partial charge in [-0.1, -0.05) is 48.5 Å². The van der Waals surface area contributed by atoms with Crippen molar-refractivity contribution in [2.75, 3.05) is 6.61 Å². The number of nitrogens with one attached hydrogen (secondary N) is 1. The summed E-state index contributed by atoms with van der Waals surface area (Å²) in [5, 5.41) is 12.4. The van der Waals surface area contributed by atoms with Crippen molar-refractivity contribution in [1.82, 2.24) is 5.32 Å². The highest BCUT2D eigenvalue weighted by Gasteiger charge is 2.14. The Morgan fingerprint density at radius 3 is 2.45 bits per heavy atom. The molecule has 0 aromatic heterocycles. The van der Waals surface area contributed by atoms with E-state index in [4.69, 9.17) is 9.47 Å². The monoisotopic (exact) mass is 552 g/mol. The number of nitrogens with zero attached hydrogens (tertiary/aromatic N) is 1. The Labute approximate surface area is 208 Å². The van der Waals surface area contributed by atoms with Crippen molar-refractivity contribution in [2.45, 2.75) is 26.5 Å². The Morgan fingerprint density at radius 1 is 1.06 bits per heavy atom. The van der Waals surface area contributed by atoms with Crippen LogP contribution in [-0.4, -0.2) is 12.5 Å². The maximum atomic E-state index is 12.7. The van der Waals surface area contributed by atoms with Crippen molar-refractivity contribution in [2.24, 2.45) is 0 Å². The second-order valence-corrected chi connectivity index (χ2v) is 8.58. The third-order valence-corrected chi connectivity index (χ3v) is 5.62. The summed E-state index contributed by atoms with van der Waals surface area (Å²) in [6, 6.07) is 24.9. The minimum absolute atomic E-state index is 0.0211. The minimum Gasteiger partial charge on any atom is -0.490 e. The van der Waals surface area contributed by atoms with E-state index >= 15 is 0 Å². The molecule has 0 radical (unpaired) electrons. The SMILES string of the molecule is CCOc1cc(/C=C(/C#N)C(=O)N[C@H](C)c2ccccc2)ccc1OCc1ccc(I)cc1. The van der Waals surface area contributed by atoms with Gasteiger partial charge in [-0.05, 0) is 83.5 Å². The lowest BCUT2D eigenvalue weighted by Gasteiger charge is -2.14. The number of rotatable bonds is 9. The number of carbonyl (C=O) groups excluding carboxylic acids is 1. The lowest BCUT2D eigenvalue weighted by Crippen LogP contribution is -2.27. The van der Waals surface area contributed by atoms with Crippen molar-refractivity contribution in [3.63, 3.8) is 0 Å². The first-order valence-corrected chi connectivity index (χ1v) is 11.7. The zero-order chi connectivity index (χ0) is 23.6. The quantitative estimate of drug-likeness (QED) is 0.199. The molecule has 0 saturated carbocycles. The highest BCUT2D eigenvalue weighted by molar-refractivity contribution is 14.1. The van der Waals surface area contributed by atoms with E-state index in [0.29, 0.717) is 30.3 Å². The first kappa shape index (κ1) is 24.3. The fourth-order valence-electron chi connectivity index (χ4n) is 3.16. The third kappa shape index (κ3) is 7.09. The normalized spacial score (nSPS) is 11.9. The van der Waals surface area contributed by atoms with Crippen LogP contribution in [0.1, 0.15) is 36.6 Å². The van der Waals surface area contributed by atoms with Crippen molar-refractivity contribution < 1.29 is 14.3 Å². The molecule has 1 amide bonds. The number of amides is 1. The van der Waals surface area contributed by atoms with Crippen molar-refractivity contribution in [1.29, 1.82) is 5.26 Å². The number of benzene rings is 3. The molecule has 0 aliphatic carbocycles. The van der Waals surface area contributed by atoms with Crippen LogP contribution in [0.4, 0.5) is 0 Å². The molecule has 0 aliphatic heterocycles. The molecule has 3 aromatic carbocycles. The molecule has 3 rings (SSSR count). The van der Waals surface area contributed by atoms with Gasteiger partial charge in [0.15, 0.2) is 11.5 Å². The van der Waals surface area contributed by atoms with E-state index in [9.17, 15) is 10.1 Å². The lowest BCUT2D eigenvalue weighted by atomic mass is 10.1. The van der Waals surface area contributed by atoms with Gasteiger partial charge in [-0.2, -0.15) is 5.26 Å². The number of halogens is 1. The summed E-state index contributed by atoms with van der Waals surface area (Å²) in [5.74, 6) is 0.742. The Hall–Kier alpha value is -3.31. The van der Waals surface area contributed by atoms with Gasteiger partial charge >= 0.3 is 0 Å². The van der Waals surface area contributed by atoms with E-state index in [-0.39, 0.29) is 11.6 Å².